The van der Waals surface area contributed by atoms with Crippen LogP contribution in [-0.2, 0) is 14.3 Å². The summed E-state index contributed by atoms with van der Waals surface area (Å²) in [6.45, 7) is 7.10. The molecule has 1 amide bonds. The Morgan fingerprint density at radius 2 is 2.04 bits per heavy atom. The van der Waals surface area contributed by atoms with Crippen LogP contribution in [0.15, 0.2) is 34.5 Å². The third kappa shape index (κ3) is 3.38. The summed E-state index contributed by atoms with van der Waals surface area (Å²) in [5, 5.41) is 1.14. The minimum atomic E-state index is -0.691. The van der Waals surface area contributed by atoms with Crippen molar-refractivity contribution in [3.05, 3.63) is 45.1 Å². The fourth-order valence-corrected chi connectivity index (χ4v) is 4.50. The van der Waals surface area contributed by atoms with E-state index in [1.54, 1.807) is 39.0 Å². The first kappa shape index (κ1) is 19.3. The van der Waals surface area contributed by atoms with E-state index in [2.05, 4.69) is 4.99 Å². The van der Waals surface area contributed by atoms with Crippen LogP contribution in [0.3, 0.4) is 0 Å². The number of hydrogen-bond acceptors (Lipinski definition) is 5. The summed E-state index contributed by atoms with van der Waals surface area (Å²) in [4.78, 5) is 31.6. The maximum Gasteiger partial charge on any atom is 0.338 e. The Labute approximate surface area is 166 Å². The molecule has 8 heteroatoms. The zero-order valence-corrected chi connectivity index (χ0v) is 17.1. The Morgan fingerprint density at radius 3 is 2.65 bits per heavy atom. The average Bonchev–Trinajstić information content (AvgIpc) is 2.80. The van der Waals surface area contributed by atoms with Crippen molar-refractivity contribution < 1.29 is 14.3 Å². The van der Waals surface area contributed by atoms with E-state index in [0.717, 1.165) is 0 Å². The second-order valence-electron chi connectivity index (χ2n) is 6.38. The Morgan fingerprint density at radius 1 is 1.35 bits per heavy atom. The molecule has 2 aliphatic heterocycles. The van der Waals surface area contributed by atoms with Gasteiger partial charge in [-0.05, 0) is 45.4 Å². The molecule has 3 rings (SSSR count). The summed E-state index contributed by atoms with van der Waals surface area (Å²) < 4.78 is 5.41. The molecule has 0 unspecified atom stereocenters. The summed E-state index contributed by atoms with van der Waals surface area (Å²) in [5.41, 5.74) is 1.45. The molecule has 0 spiro atoms. The van der Waals surface area contributed by atoms with Gasteiger partial charge in [-0.15, -0.1) is 0 Å². The largest absolute Gasteiger partial charge is 0.459 e. The van der Waals surface area contributed by atoms with Gasteiger partial charge in [-0.25, -0.2) is 9.79 Å². The fraction of sp³-hybridized carbons (Fsp3) is 0.389. The predicted molar refractivity (Wildman–Crippen MR) is 104 cm³/mol. The van der Waals surface area contributed by atoms with Crippen molar-refractivity contribution in [1.82, 2.24) is 4.90 Å². The lowest BCUT2D eigenvalue weighted by atomic mass is 9.94. The fourth-order valence-electron chi connectivity index (χ4n) is 2.96. The van der Waals surface area contributed by atoms with Gasteiger partial charge >= 0.3 is 5.97 Å². The van der Waals surface area contributed by atoms with Crippen LogP contribution in [0.5, 0.6) is 0 Å². The van der Waals surface area contributed by atoms with E-state index < -0.39 is 12.0 Å². The highest BCUT2D eigenvalue weighted by molar-refractivity contribution is 8.15. The zero-order chi connectivity index (χ0) is 19.2. The lowest BCUT2D eigenvalue weighted by Crippen LogP contribution is -2.41. The SMILES string of the molecule is CC1=C(C(=O)OC(C)C)[C@H](c2ccc(Cl)cc2Cl)N2C(=O)[C@H](C)SC2=N1. The summed E-state index contributed by atoms with van der Waals surface area (Å²) in [5.74, 6) is -0.624. The highest BCUT2D eigenvalue weighted by Crippen LogP contribution is 2.45. The number of fused-ring (bicyclic) bond motifs is 1. The molecule has 1 fully saturated rings. The number of carbonyl (C=O) groups excluding carboxylic acids is 2. The molecule has 26 heavy (non-hydrogen) atoms. The Balaban J connectivity index is 2.18. The van der Waals surface area contributed by atoms with E-state index in [1.165, 1.54) is 16.7 Å². The number of nitrogens with zero attached hydrogens (tertiary/aromatic N) is 2. The molecule has 0 aromatic heterocycles. The molecule has 1 aromatic carbocycles. The van der Waals surface area contributed by atoms with Gasteiger partial charge in [0.15, 0.2) is 5.17 Å². The van der Waals surface area contributed by atoms with Crippen LogP contribution < -0.4 is 0 Å². The van der Waals surface area contributed by atoms with Gasteiger partial charge in [-0.2, -0.15) is 0 Å². The van der Waals surface area contributed by atoms with E-state index in [9.17, 15) is 9.59 Å². The van der Waals surface area contributed by atoms with Crippen LogP contribution in [0.2, 0.25) is 10.0 Å². The van der Waals surface area contributed by atoms with Crippen molar-refractivity contribution in [2.45, 2.75) is 45.1 Å². The number of amides is 1. The van der Waals surface area contributed by atoms with Crippen molar-refractivity contribution in [3.8, 4) is 0 Å². The minimum absolute atomic E-state index is 0.118. The Kier molecular flexibility index (Phi) is 5.37. The van der Waals surface area contributed by atoms with E-state index >= 15 is 0 Å². The van der Waals surface area contributed by atoms with Crippen molar-refractivity contribution in [2.24, 2.45) is 4.99 Å². The van der Waals surface area contributed by atoms with Gasteiger partial charge in [0, 0.05) is 10.0 Å². The highest BCUT2D eigenvalue weighted by Gasteiger charge is 2.47. The topological polar surface area (TPSA) is 59.0 Å². The number of thioether (sulfide) groups is 1. The summed E-state index contributed by atoms with van der Waals surface area (Å²) in [6, 6.07) is 4.33. The van der Waals surface area contributed by atoms with Crippen molar-refractivity contribution in [2.75, 3.05) is 0 Å². The second kappa shape index (κ2) is 7.25. The molecule has 138 valence electrons. The standard InChI is InChI=1S/C18H18Cl2N2O3S/c1-8(2)25-17(24)14-9(3)21-18-22(16(23)10(4)26-18)15(14)12-6-5-11(19)7-13(12)20/h5-8,10,15H,1-4H3/t10-,15-/m0/s1. The number of rotatable bonds is 3. The summed E-state index contributed by atoms with van der Waals surface area (Å²) in [6.07, 6.45) is -0.294. The van der Waals surface area contributed by atoms with Crippen LogP contribution >= 0.6 is 35.0 Å². The molecule has 0 N–H and O–H groups in total. The lowest BCUT2D eigenvalue weighted by Gasteiger charge is -2.33. The molecule has 0 saturated carbocycles. The predicted octanol–water partition coefficient (Wildman–Crippen LogP) is 4.59. The summed E-state index contributed by atoms with van der Waals surface area (Å²) >= 11 is 13.8. The monoisotopic (exact) mass is 412 g/mol. The number of benzene rings is 1. The second-order valence-corrected chi connectivity index (χ2v) is 8.54. The van der Waals surface area contributed by atoms with Crippen molar-refractivity contribution in [1.29, 1.82) is 0 Å². The van der Waals surface area contributed by atoms with Gasteiger partial charge in [-0.3, -0.25) is 9.69 Å². The molecule has 0 aliphatic carbocycles. The third-order valence-electron chi connectivity index (χ3n) is 4.08. The van der Waals surface area contributed by atoms with Crippen molar-refractivity contribution >= 4 is 52.0 Å². The smallest absolute Gasteiger partial charge is 0.338 e. The lowest BCUT2D eigenvalue weighted by molar-refractivity contribution is -0.143. The van der Waals surface area contributed by atoms with Crippen molar-refractivity contribution in [3.63, 3.8) is 0 Å². The van der Waals surface area contributed by atoms with Gasteiger partial charge in [0.25, 0.3) is 0 Å². The molecule has 1 saturated heterocycles. The first-order valence-electron chi connectivity index (χ1n) is 8.15. The van der Waals surface area contributed by atoms with Crippen LogP contribution in [-0.4, -0.2) is 33.3 Å². The number of allylic oxidation sites excluding steroid dienone is 1. The van der Waals surface area contributed by atoms with E-state index in [4.69, 9.17) is 27.9 Å². The quantitative estimate of drug-likeness (QED) is 0.680. The van der Waals surface area contributed by atoms with Gasteiger partial charge in [0.1, 0.15) is 0 Å². The molecule has 5 nitrogen and oxygen atoms in total. The van der Waals surface area contributed by atoms with Crippen LogP contribution in [0.4, 0.5) is 0 Å². The molecule has 0 bridgehead atoms. The molecule has 2 aliphatic rings. The summed E-state index contributed by atoms with van der Waals surface area (Å²) in [7, 11) is 0. The average molecular weight is 413 g/mol. The van der Waals surface area contributed by atoms with Gasteiger partial charge in [0.05, 0.1) is 28.7 Å². The molecule has 1 aromatic rings. The zero-order valence-electron chi connectivity index (χ0n) is 14.7. The van der Waals surface area contributed by atoms with Gasteiger partial charge < -0.3 is 4.74 Å². The van der Waals surface area contributed by atoms with E-state index in [-0.39, 0.29) is 17.3 Å². The number of amidine groups is 1. The number of ether oxygens (including phenoxy) is 1. The van der Waals surface area contributed by atoms with E-state index in [0.29, 0.717) is 32.0 Å². The molecule has 2 atom stereocenters. The maximum atomic E-state index is 12.8. The first-order valence-corrected chi connectivity index (χ1v) is 9.79. The normalized spacial score (nSPS) is 22.7. The number of carbonyl (C=O) groups is 2. The van der Waals surface area contributed by atoms with Gasteiger partial charge in [0.2, 0.25) is 5.91 Å². The minimum Gasteiger partial charge on any atom is -0.459 e. The number of esters is 1. The third-order valence-corrected chi connectivity index (χ3v) is 5.69. The van der Waals surface area contributed by atoms with E-state index in [1.807, 2.05) is 6.92 Å². The van der Waals surface area contributed by atoms with Crippen LogP contribution in [0.25, 0.3) is 0 Å². The van der Waals surface area contributed by atoms with Gasteiger partial charge in [-0.1, -0.05) is 41.0 Å². The molecular weight excluding hydrogens is 395 g/mol. The molecular formula is C18H18Cl2N2O3S. The molecule has 0 radical (unpaired) electrons. The Bertz CT molecular complexity index is 851. The number of hydrogen-bond donors (Lipinski definition) is 0. The highest BCUT2D eigenvalue weighted by atomic mass is 35.5. The first-order chi connectivity index (χ1) is 12.2. The van der Waals surface area contributed by atoms with Crippen LogP contribution in [0.1, 0.15) is 39.3 Å². The number of halogens is 2. The maximum absolute atomic E-state index is 12.8. The number of aliphatic imine (C=N–C) groups is 1. The Hall–Kier alpha value is -1.50. The molecule has 2 heterocycles. The van der Waals surface area contributed by atoms with Crippen LogP contribution in [0, 0.1) is 0 Å².